The maximum Gasteiger partial charge on any atom is 0.150 e. The van der Waals surface area contributed by atoms with Gasteiger partial charge in [-0.1, -0.05) is 6.92 Å². The topological polar surface area (TPSA) is 72.2 Å². The van der Waals surface area contributed by atoms with E-state index in [9.17, 15) is 13.5 Å². The van der Waals surface area contributed by atoms with Gasteiger partial charge in [0.2, 0.25) is 0 Å². The van der Waals surface area contributed by atoms with Gasteiger partial charge in [-0.3, -0.25) is 4.68 Å². The third-order valence-electron chi connectivity index (χ3n) is 2.62. The van der Waals surface area contributed by atoms with Gasteiger partial charge in [-0.25, -0.2) is 8.42 Å². The number of aromatic nitrogens is 2. The van der Waals surface area contributed by atoms with E-state index in [-0.39, 0.29) is 12.2 Å². The van der Waals surface area contributed by atoms with Crippen molar-refractivity contribution in [1.82, 2.24) is 9.78 Å². The largest absolute Gasteiger partial charge is 0.392 e. The number of rotatable bonds is 6. The molecule has 1 rings (SSSR count). The van der Waals surface area contributed by atoms with Crippen LogP contribution >= 0.6 is 15.9 Å². The lowest BCUT2D eigenvalue weighted by atomic mass is 10.2. The van der Waals surface area contributed by atoms with Crippen LogP contribution in [0, 0.1) is 0 Å². The molecular formula is C11H19BrN2O3S. The molecule has 0 radical (unpaired) electrons. The maximum absolute atomic E-state index is 11.1. The number of aliphatic hydroxyl groups excluding tert-OH is 1. The van der Waals surface area contributed by atoms with Gasteiger partial charge in [-0.2, -0.15) is 5.10 Å². The highest BCUT2D eigenvalue weighted by molar-refractivity contribution is 9.10. The van der Waals surface area contributed by atoms with Crippen LogP contribution in [0.3, 0.4) is 0 Å². The molecule has 1 heterocycles. The zero-order valence-electron chi connectivity index (χ0n) is 10.9. The molecule has 0 saturated carbocycles. The van der Waals surface area contributed by atoms with Crippen LogP contribution in [0.5, 0.6) is 0 Å². The smallest absolute Gasteiger partial charge is 0.150 e. The minimum Gasteiger partial charge on any atom is -0.392 e. The van der Waals surface area contributed by atoms with Crippen molar-refractivity contribution in [3.05, 3.63) is 15.9 Å². The SMILES string of the molecule is CCc1nn(CC)c(CC(O)CS(C)(=O)=O)c1Br. The molecule has 5 nitrogen and oxygen atoms in total. The first kappa shape index (κ1) is 15.7. The summed E-state index contributed by atoms with van der Waals surface area (Å²) in [5.41, 5.74) is 1.78. The highest BCUT2D eigenvalue weighted by atomic mass is 79.9. The van der Waals surface area contributed by atoms with Crippen LogP contribution in [0.4, 0.5) is 0 Å². The van der Waals surface area contributed by atoms with E-state index in [2.05, 4.69) is 21.0 Å². The van der Waals surface area contributed by atoms with Crippen LogP contribution in [0.1, 0.15) is 25.2 Å². The van der Waals surface area contributed by atoms with Crippen molar-refractivity contribution in [1.29, 1.82) is 0 Å². The highest BCUT2D eigenvalue weighted by Gasteiger charge is 2.19. The summed E-state index contributed by atoms with van der Waals surface area (Å²) in [4.78, 5) is 0. The summed E-state index contributed by atoms with van der Waals surface area (Å²) in [6, 6.07) is 0. The first-order chi connectivity index (χ1) is 8.28. The van der Waals surface area contributed by atoms with Crippen molar-refractivity contribution >= 4 is 25.8 Å². The van der Waals surface area contributed by atoms with Gasteiger partial charge in [0, 0.05) is 19.2 Å². The van der Waals surface area contributed by atoms with E-state index in [0.29, 0.717) is 6.54 Å². The fraction of sp³-hybridized carbons (Fsp3) is 0.727. The summed E-state index contributed by atoms with van der Waals surface area (Å²) in [5.74, 6) is -0.226. The molecule has 1 aromatic heterocycles. The van der Waals surface area contributed by atoms with Gasteiger partial charge in [-0.05, 0) is 29.3 Å². The van der Waals surface area contributed by atoms with Crippen LogP contribution in [0.2, 0.25) is 0 Å². The van der Waals surface area contributed by atoms with Gasteiger partial charge < -0.3 is 5.11 Å². The van der Waals surface area contributed by atoms with Crippen LogP contribution < -0.4 is 0 Å². The zero-order valence-corrected chi connectivity index (χ0v) is 13.3. The molecule has 0 aliphatic carbocycles. The fourth-order valence-electron chi connectivity index (χ4n) is 1.84. The number of aliphatic hydroxyl groups is 1. The Balaban J connectivity index is 2.93. The average Bonchev–Trinajstić information content (AvgIpc) is 2.53. The van der Waals surface area contributed by atoms with Crippen molar-refractivity contribution in [2.75, 3.05) is 12.0 Å². The second kappa shape index (κ2) is 6.16. The molecule has 0 amide bonds. The minimum atomic E-state index is -3.17. The summed E-state index contributed by atoms with van der Waals surface area (Å²) in [7, 11) is -3.17. The standard InChI is InChI=1S/C11H19BrN2O3S/c1-4-9-11(12)10(14(5-2)13-9)6-8(15)7-18(3,16)17/h8,15H,4-7H2,1-3H3. The highest BCUT2D eigenvalue weighted by Crippen LogP contribution is 2.23. The van der Waals surface area contributed by atoms with E-state index < -0.39 is 15.9 Å². The molecule has 18 heavy (non-hydrogen) atoms. The van der Waals surface area contributed by atoms with Crippen molar-refractivity contribution < 1.29 is 13.5 Å². The van der Waals surface area contributed by atoms with Crippen molar-refractivity contribution in [3.63, 3.8) is 0 Å². The molecule has 0 spiro atoms. The lowest BCUT2D eigenvalue weighted by Crippen LogP contribution is -2.23. The summed E-state index contributed by atoms with van der Waals surface area (Å²) in [6.07, 6.45) is 1.31. The Hall–Kier alpha value is -0.400. The summed E-state index contributed by atoms with van der Waals surface area (Å²) in [5, 5.41) is 14.2. The normalized spacial score (nSPS) is 13.8. The monoisotopic (exact) mass is 338 g/mol. The Morgan fingerprint density at radius 3 is 2.50 bits per heavy atom. The lowest BCUT2D eigenvalue weighted by Gasteiger charge is -2.11. The Morgan fingerprint density at radius 1 is 1.44 bits per heavy atom. The van der Waals surface area contributed by atoms with Gasteiger partial charge in [-0.15, -0.1) is 0 Å². The average molecular weight is 339 g/mol. The third-order valence-corrected chi connectivity index (χ3v) is 4.52. The van der Waals surface area contributed by atoms with Crippen LogP contribution in [-0.4, -0.2) is 41.4 Å². The van der Waals surface area contributed by atoms with Gasteiger partial charge in [0.25, 0.3) is 0 Å². The number of aryl methyl sites for hydroxylation is 2. The number of halogens is 1. The zero-order chi connectivity index (χ0) is 13.9. The van der Waals surface area contributed by atoms with E-state index in [4.69, 9.17) is 0 Å². The number of hydrogen-bond acceptors (Lipinski definition) is 4. The predicted molar refractivity (Wildman–Crippen MR) is 74.4 cm³/mol. The molecule has 0 aromatic carbocycles. The molecule has 0 aliphatic heterocycles. The van der Waals surface area contributed by atoms with Crippen molar-refractivity contribution in [2.24, 2.45) is 0 Å². The summed E-state index contributed by atoms with van der Waals surface area (Å²) in [6.45, 7) is 4.66. The Labute approximate surface area is 116 Å². The molecule has 0 saturated heterocycles. The van der Waals surface area contributed by atoms with E-state index in [1.165, 1.54) is 0 Å². The van der Waals surface area contributed by atoms with Gasteiger partial charge >= 0.3 is 0 Å². The van der Waals surface area contributed by atoms with Crippen LogP contribution in [0.25, 0.3) is 0 Å². The molecular weight excluding hydrogens is 320 g/mol. The van der Waals surface area contributed by atoms with E-state index in [1.54, 1.807) is 4.68 Å². The number of nitrogens with zero attached hydrogens (tertiary/aromatic N) is 2. The quantitative estimate of drug-likeness (QED) is 0.845. The molecule has 1 atom stereocenters. The van der Waals surface area contributed by atoms with Gasteiger partial charge in [0.15, 0.2) is 0 Å². The predicted octanol–water partition coefficient (Wildman–Crippen LogP) is 1.18. The fourth-order valence-corrected chi connectivity index (χ4v) is 3.39. The van der Waals surface area contributed by atoms with Crippen LogP contribution in [0.15, 0.2) is 4.47 Å². The molecule has 0 aliphatic rings. The maximum atomic E-state index is 11.1. The molecule has 0 bridgehead atoms. The molecule has 0 fully saturated rings. The second-order valence-corrected chi connectivity index (χ2v) is 7.30. The lowest BCUT2D eigenvalue weighted by molar-refractivity contribution is 0.194. The molecule has 1 aromatic rings. The number of hydrogen-bond donors (Lipinski definition) is 1. The first-order valence-corrected chi connectivity index (χ1v) is 8.73. The second-order valence-electron chi connectivity index (χ2n) is 4.33. The molecule has 104 valence electrons. The van der Waals surface area contributed by atoms with Crippen LogP contribution in [-0.2, 0) is 29.2 Å². The first-order valence-electron chi connectivity index (χ1n) is 5.88. The molecule has 7 heteroatoms. The Morgan fingerprint density at radius 2 is 2.06 bits per heavy atom. The third kappa shape index (κ3) is 4.07. The summed E-state index contributed by atoms with van der Waals surface area (Å²) < 4.78 is 25.0. The van der Waals surface area contributed by atoms with Crippen molar-refractivity contribution in [2.45, 2.75) is 39.3 Å². The Bertz CT molecular complexity index is 511. The minimum absolute atomic E-state index is 0.226. The van der Waals surface area contributed by atoms with E-state index in [1.807, 2.05) is 13.8 Å². The Kier molecular flexibility index (Phi) is 5.36. The molecule has 1 unspecified atom stereocenters. The van der Waals surface area contributed by atoms with Crippen molar-refractivity contribution in [3.8, 4) is 0 Å². The van der Waals surface area contributed by atoms with E-state index >= 15 is 0 Å². The number of sulfone groups is 1. The van der Waals surface area contributed by atoms with E-state index in [0.717, 1.165) is 28.5 Å². The van der Waals surface area contributed by atoms with Gasteiger partial charge in [0.05, 0.1) is 27.7 Å². The summed E-state index contributed by atoms with van der Waals surface area (Å²) >= 11 is 3.47. The van der Waals surface area contributed by atoms with Gasteiger partial charge in [0.1, 0.15) is 9.84 Å². The molecule has 1 N–H and O–H groups in total.